The molecule has 4 aromatic rings. The molecule has 2 N–H and O–H groups in total. The number of aryl methyl sites for hydroxylation is 4. The summed E-state index contributed by atoms with van der Waals surface area (Å²) in [5.41, 5.74) is 9.18. The van der Waals surface area contributed by atoms with Gasteiger partial charge >= 0.3 is 0 Å². The fourth-order valence-corrected chi connectivity index (χ4v) is 6.24. The number of hydrogen-bond acceptors (Lipinski definition) is 6. The first-order chi connectivity index (χ1) is 22.7. The van der Waals surface area contributed by atoms with Gasteiger partial charge in [0.2, 0.25) is 0 Å². The van der Waals surface area contributed by atoms with Crippen molar-refractivity contribution in [3.05, 3.63) is 142 Å². The van der Waals surface area contributed by atoms with Gasteiger partial charge in [-0.15, -0.1) is 0 Å². The van der Waals surface area contributed by atoms with E-state index in [1.165, 1.54) is 22.3 Å². The average molecular weight is 637 g/mol. The molecule has 1 heterocycles. The highest BCUT2D eigenvalue weighted by Gasteiger charge is 2.23. The van der Waals surface area contributed by atoms with Crippen LogP contribution in [-0.2, 0) is 9.47 Å². The van der Waals surface area contributed by atoms with Crippen molar-refractivity contribution in [1.29, 1.82) is 0 Å². The summed E-state index contributed by atoms with van der Waals surface area (Å²) >= 11 is 0. The second-order valence-electron chi connectivity index (χ2n) is 13.3. The van der Waals surface area contributed by atoms with E-state index in [1.54, 1.807) is 0 Å². The van der Waals surface area contributed by atoms with Gasteiger partial charge in [-0.2, -0.15) is 0 Å². The van der Waals surface area contributed by atoms with E-state index in [9.17, 15) is 10.2 Å². The molecule has 0 spiro atoms. The largest absolute Gasteiger partial charge is 0.389 e. The zero-order chi connectivity index (χ0) is 33.2. The third-order valence-corrected chi connectivity index (χ3v) is 9.05. The van der Waals surface area contributed by atoms with Crippen molar-refractivity contribution in [2.45, 2.75) is 58.5 Å². The van der Waals surface area contributed by atoms with Crippen molar-refractivity contribution in [3.8, 4) is 0 Å². The molecule has 0 aliphatic carbocycles. The lowest BCUT2D eigenvalue weighted by molar-refractivity contribution is -0.0111. The molecule has 0 amide bonds. The maximum Gasteiger partial charge on any atom is 0.108 e. The van der Waals surface area contributed by atoms with E-state index in [0.717, 1.165) is 54.9 Å². The summed E-state index contributed by atoms with van der Waals surface area (Å²) in [7, 11) is 0. The molecule has 5 rings (SSSR count). The van der Waals surface area contributed by atoms with E-state index in [0.29, 0.717) is 13.1 Å². The Kier molecular flexibility index (Phi) is 12.8. The number of hydrogen-bond donors (Lipinski definition) is 2. The van der Waals surface area contributed by atoms with E-state index >= 15 is 0 Å². The Morgan fingerprint density at radius 1 is 0.468 bits per heavy atom. The van der Waals surface area contributed by atoms with Crippen molar-refractivity contribution in [3.63, 3.8) is 0 Å². The maximum absolute atomic E-state index is 11.0. The highest BCUT2D eigenvalue weighted by atomic mass is 16.5. The number of benzene rings is 4. The average Bonchev–Trinajstić information content (AvgIpc) is 3.29. The first kappa shape index (κ1) is 35.0. The van der Waals surface area contributed by atoms with Gasteiger partial charge in [0.15, 0.2) is 0 Å². The van der Waals surface area contributed by atoms with Crippen LogP contribution in [0.5, 0.6) is 0 Å². The Balaban J connectivity index is 1.10. The van der Waals surface area contributed by atoms with Gasteiger partial charge in [-0.05, 0) is 69.5 Å². The lowest BCUT2D eigenvalue weighted by atomic mass is 9.99. The topological polar surface area (TPSA) is 65.4 Å². The monoisotopic (exact) mass is 636 g/mol. The molecule has 47 heavy (non-hydrogen) atoms. The van der Waals surface area contributed by atoms with Gasteiger partial charge in [-0.3, -0.25) is 9.80 Å². The number of β-amino-alcohol motifs (C(OH)–C–C–N with tert-alkyl or cyclic N) is 2. The number of nitrogens with zero attached hydrogens (tertiary/aromatic N) is 2. The van der Waals surface area contributed by atoms with Crippen LogP contribution in [0.25, 0.3) is 0 Å². The van der Waals surface area contributed by atoms with Crippen molar-refractivity contribution in [1.82, 2.24) is 9.80 Å². The van der Waals surface area contributed by atoms with Crippen molar-refractivity contribution < 1.29 is 19.7 Å². The summed E-state index contributed by atoms with van der Waals surface area (Å²) in [6.07, 6.45) is -0.679. The minimum Gasteiger partial charge on any atom is -0.389 e. The van der Waals surface area contributed by atoms with Crippen LogP contribution in [0.2, 0.25) is 0 Å². The zero-order valence-electron chi connectivity index (χ0n) is 28.5. The highest BCUT2D eigenvalue weighted by Crippen LogP contribution is 2.28. The van der Waals surface area contributed by atoms with Crippen LogP contribution < -0.4 is 0 Å². The predicted molar refractivity (Wildman–Crippen MR) is 190 cm³/mol. The molecule has 1 fully saturated rings. The summed E-state index contributed by atoms with van der Waals surface area (Å²) in [6.45, 7) is 13.4. The molecule has 1 aliphatic heterocycles. The summed E-state index contributed by atoms with van der Waals surface area (Å²) in [6, 6.07) is 33.7. The van der Waals surface area contributed by atoms with Crippen molar-refractivity contribution in [2.24, 2.45) is 0 Å². The van der Waals surface area contributed by atoms with E-state index in [2.05, 4.69) is 135 Å². The summed E-state index contributed by atoms with van der Waals surface area (Å²) in [5.74, 6) is 0. The SMILES string of the molecule is Cc1ccc(C(OC[C@H](O)CN2CCCN(C[C@@H](O)COC(c3ccc(C)cc3)c3ccc(C)cc3)CC2)c2ccc(C)cc2)cc1. The molecule has 1 saturated heterocycles. The lowest BCUT2D eigenvalue weighted by Crippen LogP contribution is -2.40. The van der Waals surface area contributed by atoms with Gasteiger partial charge in [0.05, 0.1) is 25.4 Å². The van der Waals surface area contributed by atoms with Gasteiger partial charge in [0.25, 0.3) is 0 Å². The summed E-state index contributed by atoms with van der Waals surface area (Å²) in [5, 5.41) is 22.1. The molecule has 0 saturated carbocycles. The van der Waals surface area contributed by atoms with Crippen LogP contribution >= 0.6 is 0 Å². The van der Waals surface area contributed by atoms with Gasteiger partial charge < -0.3 is 19.7 Å². The fraction of sp³-hybridized carbons (Fsp3) is 0.415. The van der Waals surface area contributed by atoms with Gasteiger partial charge in [0, 0.05) is 26.2 Å². The smallest absolute Gasteiger partial charge is 0.108 e. The van der Waals surface area contributed by atoms with E-state index in [-0.39, 0.29) is 25.4 Å². The first-order valence-electron chi connectivity index (χ1n) is 17.0. The maximum atomic E-state index is 11.0. The molecule has 0 aromatic heterocycles. The van der Waals surface area contributed by atoms with Crippen molar-refractivity contribution in [2.75, 3.05) is 52.5 Å². The Morgan fingerprint density at radius 3 is 1.02 bits per heavy atom. The standard InChI is InChI=1S/C41H52N2O4/c1-30-6-14-34(15-7-30)40(35-16-8-31(2)9-17-35)46-28-38(44)26-42-22-5-23-43(25-24-42)27-39(45)29-47-41(36-18-10-32(3)11-19-36)37-20-12-33(4)13-21-37/h6-21,38-41,44-45H,5,22-29H2,1-4H3/t38-,39-/m1/s1. The van der Waals surface area contributed by atoms with Gasteiger partial charge in [0.1, 0.15) is 12.2 Å². The number of ether oxygens (including phenoxy) is 2. The minimum absolute atomic E-state index is 0.231. The third kappa shape index (κ3) is 10.6. The van der Waals surface area contributed by atoms with Crippen LogP contribution in [0.3, 0.4) is 0 Å². The quantitative estimate of drug-likeness (QED) is 0.164. The summed E-state index contributed by atoms with van der Waals surface area (Å²) < 4.78 is 12.8. The minimum atomic E-state index is -0.598. The molecule has 2 atom stereocenters. The second-order valence-corrected chi connectivity index (χ2v) is 13.3. The summed E-state index contributed by atoms with van der Waals surface area (Å²) in [4.78, 5) is 4.63. The zero-order valence-corrected chi connectivity index (χ0v) is 28.5. The van der Waals surface area contributed by atoms with Gasteiger partial charge in [-0.1, -0.05) is 119 Å². The molecular formula is C41H52N2O4. The molecule has 6 heteroatoms. The molecule has 250 valence electrons. The molecule has 4 aromatic carbocycles. The molecule has 0 unspecified atom stereocenters. The number of aliphatic hydroxyl groups excluding tert-OH is 2. The van der Waals surface area contributed by atoms with Crippen LogP contribution in [0.1, 0.15) is 63.1 Å². The lowest BCUT2D eigenvalue weighted by Gasteiger charge is -2.27. The second kappa shape index (κ2) is 17.2. The van der Waals surface area contributed by atoms with E-state index < -0.39 is 12.2 Å². The van der Waals surface area contributed by atoms with Crippen LogP contribution in [0.4, 0.5) is 0 Å². The van der Waals surface area contributed by atoms with Crippen molar-refractivity contribution >= 4 is 0 Å². The Morgan fingerprint density at radius 2 is 0.745 bits per heavy atom. The predicted octanol–water partition coefficient (Wildman–Crippen LogP) is 6.56. The Hall–Kier alpha value is -3.36. The molecule has 6 nitrogen and oxygen atoms in total. The first-order valence-corrected chi connectivity index (χ1v) is 17.0. The normalized spacial score (nSPS) is 16.0. The molecule has 0 radical (unpaired) electrons. The van der Waals surface area contributed by atoms with E-state index in [4.69, 9.17) is 9.47 Å². The highest BCUT2D eigenvalue weighted by molar-refractivity contribution is 5.34. The molecular weight excluding hydrogens is 584 g/mol. The van der Waals surface area contributed by atoms with Crippen LogP contribution in [0, 0.1) is 27.7 Å². The van der Waals surface area contributed by atoms with E-state index in [1.807, 2.05) is 0 Å². The number of rotatable bonds is 14. The number of aliphatic hydroxyl groups is 2. The van der Waals surface area contributed by atoms with Crippen LogP contribution in [-0.4, -0.2) is 84.7 Å². The Labute approximate surface area is 281 Å². The fourth-order valence-electron chi connectivity index (χ4n) is 6.24. The molecule has 0 bridgehead atoms. The Bertz CT molecular complexity index is 1280. The third-order valence-electron chi connectivity index (χ3n) is 9.05. The van der Waals surface area contributed by atoms with Crippen LogP contribution in [0.15, 0.2) is 97.1 Å². The molecule has 1 aliphatic rings. The van der Waals surface area contributed by atoms with Gasteiger partial charge in [-0.25, -0.2) is 0 Å².